The van der Waals surface area contributed by atoms with Crippen LogP contribution in [0, 0.1) is 6.92 Å². The van der Waals surface area contributed by atoms with Crippen LogP contribution in [0.25, 0.3) is 61.1 Å². The lowest BCUT2D eigenvalue weighted by molar-refractivity contribution is 1.21. The second-order valence-electron chi connectivity index (χ2n) is 8.43. The van der Waals surface area contributed by atoms with Gasteiger partial charge in [0.2, 0.25) is 0 Å². The van der Waals surface area contributed by atoms with Gasteiger partial charge in [-0.2, -0.15) is 0 Å². The lowest BCUT2D eigenvalue weighted by Crippen LogP contribution is -1.96. The summed E-state index contributed by atoms with van der Waals surface area (Å²) in [5, 5.41) is 4.17. The highest BCUT2D eigenvalue weighted by atomic mass is 32.1. The van der Waals surface area contributed by atoms with Crippen LogP contribution in [0.1, 0.15) is 10.6 Å². The van der Waals surface area contributed by atoms with Crippen LogP contribution in [0.15, 0.2) is 104 Å². The maximum absolute atomic E-state index is 5.08. The van der Waals surface area contributed by atoms with E-state index in [2.05, 4.69) is 67.0 Å². The lowest BCUT2D eigenvalue weighted by Gasteiger charge is -2.11. The van der Waals surface area contributed by atoms with Crippen LogP contribution in [0.4, 0.5) is 0 Å². The molecule has 0 aliphatic heterocycles. The SMILES string of the molecule is C=C/C=C\c1nc(-c2cc(-c3nc(-c4ccccc4)c4ccc5ccccc5c4n3)ccn2)sc1C. The van der Waals surface area contributed by atoms with E-state index >= 15 is 0 Å². The molecule has 0 amide bonds. The quantitative estimate of drug-likeness (QED) is 0.184. The molecule has 4 nitrogen and oxygen atoms in total. The van der Waals surface area contributed by atoms with Crippen molar-refractivity contribution < 1.29 is 0 Å². The fraction of sp³-hybridized carbons (Fsp3) is 0.0323. The predicted octanol–water partition coefficient (Wildman–Crippen LogP) is 8.14. The Morgan fingerprint density at radius 1 is 0.806 bits per heavy atom. The minimum Gasteiger partial charge on any atom is -0.254 e. The van der Waals surface area contributed by atoms with Crippen molar-refractivity contribution in [2.45, 2.75) is 6.92 Å². The van der Waals surface area contributed by atoms with Crippen LogP contribution in [0.5, 0.6) is 0 Å². The standard InChI is InChI=1S/C31H22N4S/c1-3-4-14-26-20(2)36-31(33-26)27-19-23(17-18-32-27)30-34-28(22-11-6-5-7-12-22)25-16-15-21-10-8-9-13-24(21)29(25)35-30/h3-19H,1H2,2H3/b14-4-. The third-order valence-electron chi connectivity index (χ3n) is 6.10. The average molecular weight is 483 g/mol. The van der Waals surface area contributed by atoms with Crippen LogP contribution >= 0.6 is 11.3 Å². The summed E-state index contributed by atoms with van der Waals surface area (Å²) in [7, 11) is 0. The van der Waals surface area contributed by atoms with Crippen molar-refractivity contribution in [3.05, 3.63) is 114 Å². The Hall–Kier alpha value is -4.48. The Labute approximate surface area is 213 Å². The number of nitrogens with zero attached hydrogens (tertiary/aromatic N) is 4. The van der Waals surface area contributed by atoms with Gasteiger partial charge in [-0.3, -0.25) is 4.98 Å². The summed E-state index contributed by atoms with van der Waals surface area (Å²) in [6.45, 7) is 5.81. The van der Waals surface area contributed by atoms with Crippen molar-refractivity contribution in [3.8, 4) is 33.3 Å². The van der Waals surface area contributed by atoms with Gasteiger partial charge in [-0.1, -0.05) is 79.4 Å². The Kier molecular flexibility index (Phi) is 5.68. The highest BCUT2D eigenvalue weighted by Crippen LogP contribution is 2.34. The fourth-order valence-corrected chi connectivity index (χ4v) is 5.20. The van der Waals surface area contributed by atoms with Gasteiger partial charge >= 0.3 is 0 Å². The number of hydrogen-bond donors (Lipinski definition) is 0. The first-order valence-corrected chi connectivity index (χ1v) is 12.5. The molecule has 3 heterocycles. The maximum atomic E-state index is 5.08. The molecule has 0 aliphatic carbocycles. The van der Waals surface area contributed by atoms with Crippen molar-refractivity contribution in [2.75, 3.05) is 0 Å². The van der Waals surface area contributed by atoms with Crippen molar-refractivity contribution >= 4 is 39.1 Å². The molecule has 0 unspecified atom stereocenters. The molecule has 0 spiro atoms. The van der Waals surface area contributed by atoms with E-state index < -0.39 is 0 Å². The molecule has 6 rings (SSSR count). The molecule has 3 aromatic carbocycles. The van der Waals surface area contributed by atoms with Gasteiger partial charge in [-0.25, -0.2) is 15.0 Å². The molecule has 0 aliphatic rings. The van der Waals surface area contributed by atoms with E-state index in [4.69, 9.17) is 15.0 Å². The van der Waals surface area contributed by atoms with Gasteiger partial charge in [0.1, 0.15) is 5.01 Å². The van der Waals surface area contributed by atoms with Crippen LogP contribution in [-0.4, -0.2) is 19.9 Å². The summed E-state index contributed by atoms with van der Waals surface area (Å²) in [4.78, 5) is 20.7. The van der Waals surface area contributed by atoms with E-state index in [0.29, 0.717) is 5.82 Å². The van der Waals surface area contributed by atoms with E-state index in [1.165, 1.54) is 0 Å². The van der Waals surface area contributed by atoms with Crippen LogP contribution in [0.3, 0.4) is 0 Å². The molecule has 0 fully saturated rings. The lowest BCUT2D eigenvalue weighted by atomic mass is 10.0. The van der Waals surface area contributed by atoms with Crippen molar-refractivity contribution in [1.82, 2.24) is 19.9 Å². The molecule has 172 valence electrons. The zero-order valence-corrected chi connectivity index (χ0v) is 20.5. The molecule has 3 aromatic heterocycles. The number of pyridine rings is 1. The van der Waals surface area contributed by atoms with E-state index in [-0.39, 0.29) is 0 Å². The topological polar surface area (TPSA) is 51.6 Å². The third kappa shape index (κ3) is 4.00. The van der Waals surface area contributed by atoms with Gasteiger partial charge in [-0.15, -0.1) is 11.3 Å². The molecule has 0 saturated carbocycles. The Morgan fingerprint density at radius 2 is 1.64 bits per heavy atom. The number of benzene rings is 3. The fourth-order valence-electron chi connectivity index (χ4n) is 4.33. The second kappa shape index (κ2) is 9.29. The normalized spacial score (nSPS) is 11.5. The summed E-state index contributed by atoms with van der Waals surface area (Å²) in [5.41, 5.74) is 5.57. The smallest absolute Gasteiger partial charge is 0.160 e. The molecule has 0 saturated heterocycles. The van der Waals surface area contributed by atoms with E-state index in [9.17, 15) is 0 Å². The Morgan fingerprint density at radius 3 is 2.50 bits per heavy atom. The molecule has 0 radical (unpaired) electrons. The highest BCUT2D eigenvalue weighted by Gasteiger charge is 2.15. The Bertz CT molecular complexity index is 1770. The molecule has 6 aromatic rings. The first-order valence-electron chi connectivity index (χ1n) is 11.7. The summed E-state index contributed by atoms with van der Waals surface area (Å²) in [6, 6.07) is 26.9. The number of hydrogen-bond acceptors (Lipinski definition) is 5. The number of fused-ring (bicyclic) bond motifs is 3. The van der Waals surface area contributed by atoms with E-state index in [0.717, 1.165) is 59.8 Å². The molecule has 0 N–H and O–H groups in total. The molecular formula is C31H22N4S. The minimum absolute atomic E-state index is 0.668. The molecule has 36 heavy (non-hydrogen) atoms. The summed E-state index contributed by atoms with van der Waals surface area (Å²) >= 11 is 1.63. The average Bonchev–Trinajstić information content (AvgIpc) is 3.32. The van der Waals surface area contributed by atoms with Gasteiger partial charge in [0.05, 0.1) is 22.6 Å². The molecule has 5 heteroatoms. The zero-order chi connectivity index (χ0) is 24.5. The minimum atomic E-state index is 0.668. The second-order valence-corrected chi connectivity index (χ2v) is 9.63. The van der Waals surface area contributed by atoms with E-state index in [1.54, 1.807) is 23.6 Å². The number of allylic oxidation sites excluding steroid dienone is 2. The van der Waals surface area contributed by atoms with Gasteiger partial charge in [-0.05, 0) is 36.6 Å². The molecule has 0 atom stereocenters. The number of thiazole rings is 1. The monoisotopic (exact) mass is 482 g/mol. The third-order valence-corrected chi connectivity index (χ3v) is 7.11. The van der Waals surface area contributed by atoms with E-state index in [1.807, 2.05) is 42.5 Å². The summed E-state index contributed by atoms with van der Waals surface area (Å²) in [6.07, 6.45) is 7.42. The van der Waals surface area contributed by atoms with Gasteiger partial charge in [0, 0.05) is 33.0 Å². The van der Waals surface area contributed by atoms with Gasteiger partial charge < -0.3 is 0 Å². The van der Waals surface area contributed by atoms with Crippen molar-refractivity contribution in [1.29, 1.82) is 0 Å². The first-order chi connectivity index (χ1) is 17.7. The van der Waals surface area contributed by atoms with Gasteiger partial charge in [0.15, 0.2) is 5.82 Å². The van der Waals surface area contributed by atoms with Crippen molar-refractivity contribution in [2.24, 2.45) is 0 Å². The first kappa shape index (κ1) is 22.0. The zero-order valence-electron chi connectivity index (χ0n) is 19.7. The molecule has 0 bridgehead atoms. The summed E-state index contributed by atoms with van der Waals surface area (Å²) in [5.74, 6) is 0.668. The number of aryl methyl sites for hydroxylation is 1. The maximum Gasteiger partial charge on any atom is 0.160 e. The van der Waals surface area contributed by atoms with Crippen molar-refractivity contribution in [3.63, 3.8) is 0 Å². The summed E-state index contributed by atoms with van der Waals surface area (Å²) < 4.78 is 0. The molecular weight excluding hydrogens is 460 g/mol. The van der Waals surface area contributed by atoms with Crippen LogP contribution in [0.2, 0.25) is 0 Å². The Balaban J connectivity index is 1.55. The number of rotatable bonds is 5. The van der Waals surface area contributed by atoms with Crippen LogP contribution in [-0.2, 0) is 0 Å². The number of aromatic nitrogens is 4. The van der Waals surface area contributed by atoms with Crippen LogP contribution < -0.4 is 0 Å². The predicted molar refractivity (Wildman–Crippen MR) is 151 cm³/mol. The highest BCUT2D eigenvalue weighted by molar-refractivity contribution is 7.15. The largest absolute Gasteiger partial charge is 0.254 e. The van der Waals surface area contributed by atoms with Gasteiger partial charge in [0.25, 0.3) is 0 Å².